The van der Waals surface area contributed by atoms with Crippen molar-refractivity contribution in [2.75, 3.05) is 0 Å². The van der Waals surface area contributed by atoms with Crippen LogP contribution < -0.4 is 10.6 Å². The van der Waals surface area contributed by atoms with Crippen molar-refractivity contribution >= 4 is 12.0 Å². The molecule has 0 saturated carbocycles. The van der Waals surface area contributed by atoms with Crippen molar-refractivity contribution in [2.45, 2.75) is 46.7 Å². The molecule has 0 saturated heterocycles. The van der Waals surface area contributed by atoms with Crippen molar-refractivity contribution in [3.05, 3.63) is 17.3 Å². The Hall–Kier alpha value is -2.05. The molecule has 112 valence electrons. The number of nitrogens with zero attached hydrogens (tertiary/aromatic N) is 1. The Kier molecular flexibility index (Phi) is 5.54. The first-order valence-corrected chi connectivity index (χ1v) is 6.55. The quantitative estimate of drug-likeness (QED) is 0.735. The number of carbonyl (C=O) groups excluding carboxylic acids is 1. The van der Waals surface area contributed by atoms with Gasteiger partial charge in [-0.3, -0.25) is 0 Å². The highest BCUT2D eigenvalue weighted by Crippen LogP contribution is 2.09. The van der Waals surface area contributed by atoms with E-state index in [1.165, 1.54) is 0 Å². The van der Waals surface area contributed by atoms with Gasteiger partial charge < -0.3 is 20.2 Å². The number of aromatic nitrogens is 1. The van der Waals surface area contributed by atoms with E-state index >= 15 is 0 Å². The highest BCUT2D eigenvalue weighted by molar-refractivity contribution is 5.82. The summed E-state index contributed by atoms with van der Waals surface area (Å²) < 4.78 is 5.32. The molecule has 0 spiro atoms. The van der Waals surface area contributed by atoms with Gasteiger partial charge in [0, 0.05) is 0 Å². The van der Waals surface area contributed by atoms with E-state index in [4.69, 9.17) is 9.52 Å². The van der Waals surface area contributed by atoms with E-state index in [2.05, 4.69) is 15.6 Å². The minimum Gasteiger partial charge on any atom is -0.480 e. The lowest BCUT2D eigenvalue weighted by atomic mass is 9.99. The van der Waals surface area contributed by atoms with E-state index in [0.717, 1.165) is 5.69 Å². The van der Waals surface area contributed by atoms with Gasteiger partial charge in [-0.15, -0.1) is 0 Å². The summed E-state index contributed by atoms with van der Waals surface area (Å²) in [7, 11) is 0. The zero-order chi connectivity index (χ0) is 15.3. The first kappa shape index (κ1) is 16.0. The van der Waals surface area contributed by atoms with Crippen molar-refractivity contribution in [3.8, 4) is 0 Å². The van der Waals surface area contributed by atoms with Gasteiger partial charge in [0.2, 0.25) is 5.89 Å². The van der Waals surface area contributed by atoms with Crippen molar-refractivity contribution in [2.24, 2.45) is 5.92 Å². The van der Waals surface area contributed by atoms with E-state index in [1.54, 1.807) is 13.8 Å². The number of hydrogen-bond donors (Lipinski definition) is 3. The molecule has 0 aliphatic heterocycles. The van der Waals surface area contributed by atoms with Crippen molar-refractivity contribution < 1.29 is 19.1 Å². The zero-order valence-electron chi connectivity index (χ0n) is 12.2. The Bertz CT molecular complexity index is 464. The van der Waals surface area contributed by atoms with Gasteiger partial charge >= 0.3 is 12.0 Å². The predicted molar refractivity (Wildman–Crippen MR) is 72.2 cm³/mol. The number of urea groups is 1. The average molecular weight is 283 g/mol. The standard InChI is InChI=1S/C13H21N3O4/c1-5-7(2)11(12(17)18)16-13(19)14-6-10-15-8(3)9(4)20-10/h7,11H,5-6H2,1-4H3,(H,17,18)(H2,14,16,19)/t7-,11-/m0/s1. The number of amides is 2. The molecule has 0 aliphatic carbocycles. The Morgan fingerprint density at radius 3 is 2.50 bits per heavy atom. The molecule has 0 bridgehead atoms. The smallest absolute Gasteiger partial charge is 0.326 e. The molecule has 0 unspecified atom stereocenters. The second-order valence-corrected chi connectivity index (χ2v) is 4.78. The number of oxazole rings is 1. The lowest BCUT2D eigenvalue weighted by Gasteiger charge is -2.20. The van der Waals surface area contributed by atoms with E-state index in [-0.39, 0.29) is 12.5 Å². The van der Waals surface area contributed by atoms with Gasteiger partial charge in [0.15, 0.2) is 0 Å². The van der Waals surface area contributed by atoms with Crippen molar-refractivity contribution in [3.63, 3.8) is 0 Å². The van der Waals surface area contributed by atoms with Crippen molar-refractivity contribution in [1.29, 1.82) is 0 Å². The topological polar surface area (TPSA) is 104 Å². The lowest BCUT2D eigenvalue weighted by molar-refractivity contribution is -0.140. The Balaban J connectivity index is 2.52. The third kappa shape index (κ3) is 4.25. The van der Waals surface area contributed by atoms with E-state index in [9.17, 15) is 9.59 Å². The number of hydrogen-bond acceptors (Lipinski definition) is 4. The van der Waals surface area contributed by atoms with Gasteiger partial charge in [0.1, 0.15) is 11.8 Å². The van der Waals surface area contributed by atoms with Gasteiger partial charge in [-0.2, -0.15) is 0 Å². The third-order valence-corrected chi connectivity index (χ3v) is 3.24. The number of carbonyl (C=O) groups is 2. The predicted octanol–water partition coefficient (Wildman–Crippen LogP) is 1.59. The third-order valence-electron chi connectivity index (χ3n) is 3.24. The molecule has 0 aromatic carbocycles. The van der Waals surface area contributed by atoms with Crippen LogP contribution in [-0.4, -0.2) is 28.1 Å². The van der Waals surface area contributed by atoms with Crippen LogP contribution in [0.15, 0.2) is 4.42 Å². The maximum Gasteiger partial charge on any atom is 0.326 e. The molecule has 2 atom stereocenters. The Labute approximate surface area is 117 Å². The van der Waals surface area contributed by atoms with Crippen LogP contribution in [0.25, 0.3) is 0 Å². The first-order chi connectivity index (χ1) is 9.35. The molecular weight excluding hydrogens is 262 g/mol. The van der Waals surface area contributed by atoms with Crippen LogP contribution in [0.5, 0.6) is 0 Å². The Morgan fingerprint density at radius 1 is 1.40 bits per heavy atom. The maximum atomic E-state index is 11.7. The molecule has 3 N–H and O–H groups in total. The van der Waals surface area contributed by atoms with Gasteiger partial charge in [-0.25, -0.2) is 14.6 Å². The summed E-state index contributed by atoms with van der Waals surface area (Å²) in [5.74, 6) is -0.0995. The molecule has 2 amide bonds. The highest BCUT2D eigenvalue weighted by Gasteiger charge is 2.25. The lowest BCUT2D eigenvalue weighted by Crippen LogP contribution is -2.48. The minimum absolute atomic E-state index is 0.118. The normalized spacial score (nSPS) is 13.6. The molecule has 1 rings (SSSR count). The maximum absolute atomic E-state index is 11.7. The molecule has 1 aromatic rings. The van der Waals surface area contributed by atoms with Crippen LogP contribution in [0.2, 0.25) is 0 Å². The Morgan fingerprint density at radius 2 is 2.05 bits per heavy atom. The SMILES string of the molecule is CC[C@H](C)[C@H](NC(=O)NCc1nc(C)c(C)o1)C(=O)O. The zero-order valence-corrected chi connectivity index (χ0v) is 12.2. The highest BCUT2D eigenvalue weighted by atomic mass is 16.4. The fraction of sp³-hybridized carbons (Fsp3) is 0.615. The number of carboxylic acid groups (broad SMARTS) is 1. The largest absolute Gasteiger partial charge is 0.480 e. The number of nitrogens with one attached hydrogen (secondary N) is 2. The average Bonchev–Trinajstić information content (AvgIpc) is 2.71. The van der Waals surface area contributed by atoms with Crippen LogP contribution in [0.3, 0.4) is 0 Å². The second-order valence-electron chi connectivity index (χ2n) is 4.78. The minimum atomic E-state index is -1.04. The van der Waals surface area contributed by atoms with E-state index in [0.29, 0.717) is 18.1 Å². The van der Waals surface area contributed by atoms with Gasteiger partial charge in [0.05, 0.1) is 12.2 Å². The molecule has 7 nitrogen and oxygen atoms in total. The van der Waals surface area contributed by atoms with Crippen LogP contribution in [-0.2, 0) is 11.3 Å². The second kappa shape index (κ2) is 6.93. The summed E-state index contributed by atoms with van der Waals surface area (Å²) in [5.41, 5.74) is 0.769. The molecular formula is C13H21N3O4. The summed E-state index contributed by atoms with van der Waals surface area (Å²) in [4.78, 5) is 26.9. The summed E-state index contributed by atoms with van der Waals surface area (Å²) in [6.45, 7) is 7.37. The number of rotatable bonds is 6. The molecule has 0 fully saturated rings. The fourth-order valence-corrected chi connectivity index (χ4v) is 1.65. The molecule has 1 aromatic heterocycles. The number of aliphatic carboxylic acids is 1. The van der Waals surface area contributed by atoms with Gasteiger partial charge in [-0.05, 0) is 19.8 Å². The molecule has 7 heteroatoms. The summed E-state index contributed by atoms with van der Waals surface area (Å²) in [6, 6.07) is -1.46. The number of aryl methyl sites for hydroxylation is 2. The monoisotopic (exact) mass is 283 g/mol. The van der Waals surface area contributed by atoms with E-state index < -0.39 is 18.0 Å². The van der Waals surface area contributed by atoms with Crippen LogP contribution in [0.1, 0.15) is 37.6 Å². The van der Waals surface area contributed by atoms with Gasteiger partial charge in [-0.1, -0.05) is 20.3 Å². The van der Waals surface area contributed by atoms with Crippen LogP contribution in [0.4, 0.5) is 4.79 Å². The first-order valence-electron chi connectivity index (χ1n) is 6.55. The molecule has 0 radical (unpaired) electrons. The van der Waals surface area contributed by atoms with Crippen LogP contribution >= 0.6 is 0 Å². The van der Waals surface area contributed by atoms with Crippen molar-refractivity contribution in [1.82, 2.24) is 15.6 Å². The molecule has 1 heterocycles. The van der Waals surface area contributed by atoms with E-state index in [1.807, 2.05) is 13.8 Å². The molecule has 20 heavy (non-hydrogen) atoms. The van der Waals surface area contributed by atoms with Crippen LogP contribution in [0, 0.1) is 19.8 Å². The summed E-state index contributed by atoms with van der Waals surface area (Å²) in [5, 5.41) is 14.0. The summed E-state index contributed by atoms with van der Waals surface area (Å²) >= 11 is 0. The fourth-order valence-electron chi connectivity index (χ4n) is 1.65. The van der Waals surface area contributed by atoms with Gasteiger partial charge in [0.25, 0.3) is 0 Å². The molecule has 0 aliphatic rings. The number of carboxylic acids is 1. The summed E-state index contributed by atoms with van der Waals surface area (Å²) in [6.07, 6.45) is 0.662.